The van der Waals surface area contributed by atoms with Gasteiger partial charge in [-0.2, -0.15) is 4.31 Å². The maximum absolute atomic E-state index is 11.6. The second-order valence-electron chi connectivity index (χ2n) is 3.76. The number of aryl methyl sites for hydroxylation is 1. The Morgan fingerprint density at radius 1 is 1.62 bits per heavy atom. The van der Waals surface area contributed by atoms with Gasteiger partial charge in [0.15, 0.2) is 0 Å². The molecule has 1 aliphatic rings. The summed E-state index contributed by atoms with van der Waals surface area (Å²) in [7, 11) is -3.20. The molecule has 1 aliphatic heterocycles. The molecule has 5 nitrogen and oxygen atoms in total. The first-order valence-electron chi connectivity index (χ1n) is 4.95. The number of sulfonamides is 1. The summed E-state index contributed by atoms with van der Waals surface area (Å²) in [6.45, 7) is 3.14. The fraction of sp³-hybridized carbons (Fsp3) is 0.667. The van der Waals surface area contributed by atoms with Gasteiger partial charge in [0.05, 0.1) is 36.2 Å². The van der Waals surface area contributed by atoms with Gasteiger partial charge >= 0.3 is 0 Å². The maximum Gasteiger partial charge on any atom is 0.211 e. The largest absolute Gasteiger partial charge is 0.378 e. The molecule has 0 bridgehead atoms. The van der Waals surface area contributed by atoms with Crippen molar-refractivity contribution < 1.29 is 13.2 Å². The predicted molar refractivity (Wildman–Crippen MR) is 62.0 cm³/mol. The molecule has 1 atom stereocenters. The minimum atomic E-state index is -3.20. The van der Waals surface area contributed by atoms with Crippen LogP contribution in [-0.4, -0.2) is 43.7 Å². The number of thiazole rings is 1. The van der Waals surface area contributed by atoms with E-state index in [-0.39, 0.29) is 6.04 Å². The van der Waals surface area contributed by atoms with Gasteiger partial charge in [0.1, 0.15) is 0 Å². The molecule has 2 rings (SSSR count). The molecule has 2 heterocycles. The second kappa shape index (κ2) is 4.40. The maximum atomic E-state index is 11.6. The summed E-state index contributed by atoms with van der Waals surface area (Å²) >= 11 is 1.52. The van der Waals surface area contributed by atoms with Gasteiger partial charge in [-0.05, 0) is 6.92 Å². The first kappa shape index (κ1) is 12.0. The molecule has 90 valence electrons. The first-order chi connectivity index (χ1) is 7.48. The predicted octanol–water partition coefficient (Wildman–Crippen LogP) is 0.784. The standard InChI is InChI=1S/C9H14N2O3S2/c1-7-10-8(6-15-7)9-5-14-4-3-11(9)16(2,12)13/h6,9H,3-5H2,1-2H3/t9-/m0/s1. The minimum absolute atomic E-state index is 0.270. The van der Waals surface area contributed by atoms with Crippen LogP contribution < -0.4 is 0 Å². The molecule has 7 heteroatoms. The van der Waals surface area contributed by atoms with E-state index in [1.807, 2.05) is 12.3 Å². The Balaban J connectivity index is 2.30. The van der Waals surface area contributed by atoms with Crippen molar-refractivity contribution in [2.45, 2.75) is 13.0 Å². The van der Waals surface area contributed by atoms with Gasteiger partial charge in [-0.15, -0.1) is 11.3 Å². The summed E-state index contributed by atoms with van der Waals surface area (Å²) in [6.07, 6.45) is 1.23. The lowest BCUT2D eigenvalue weighted by atomic mass is 10.2. The molecule has 1 fully saturated rings. The van der Waals surface area contributed by atoms with Gasteiger partial charge in [-0.3, -0.25) is 0 Å². The zero-order valence-corrected chi connectivity index (χ0v) is 10.8. The first-order valence-corrected chi connectivity index (χ1v) is 7.68. The average molecular weight is 262 g/mol. The van der Waals surface area contributed by atoms with Gasteiger partial charge in [0.2, 0.25) is 10.0 Å². The highest BCUT2D eigenvalue weighted by molar-refractivity contribution is 7.88. The third kappa shape index (κ3) is 2.42. The molecule has 0 unspecified atom stereocenters. The van der Waals surface area contributed by atoms with Gasteiger partial charge in [-0.25, -0.2) is 13.4 Å². The highest BCUT2D eigenvalue weighted by atomic mass is 32.2. The summed E-state index contributed by atoms with van der Waals surface area (Å²) in [5, 5.41) is 2.83. The molecular weight excluding hydrogens is 248 g/mol. The van der Waals surface area contributed by atoms with E-state index in [9.17, 15) is 8.42 Å². The highest BCUT2D eigenvalue weighted by Crippen LogP contribution is 2.27. The van der Waals surface area contributed by atoms with Crippen molar-refractivity contribution in [2.24, 2.45) is 0 Å². The molecule has 0 amide bonds. The minimum Gasteiger partial charge on any atom is -0.378 e. The molecule has 0 radical (unpaired) electrons. The quantitative estimate of drug-likeness (QED) is 0.790. The van der Waals surface area contributed by atoms with Gasteiger partial charge in [-0.1, -0.05) is 0 Å². The molecule has 0 saturated carbocycles. The van der Waals surface area contributed by atoms with Crippen LogP contribution in [0.1, 0.15) is 16.7 Å². The Labute approximate surface area is 99.1 Å². The smallest absolute Gasteiger partial charge is 0.211 e. The summed E-state index contributed by atoms with van der Waals surface area (Å²) in [6, 6.07) is -0.270. The lowest BCUT2D eigenvalue weighted by molar-refractivity contribution is 0.0311. The molecule has 1 aromatic rings. The van der Waals surface area contributed by atoms with Crippen LogP contribution in [0.25, 0.3) is 0 Å². The van der Waals surface area contributed by atoms with E-state index < -0.39 is 10.0 Å². The van der Waals surface area contributed by atoms with Gasteiger partial charge in [0.25, 0.3) is 0 Å². The number of ether oxygens (including phenoxy) is 1. The van der Waals surface area contributed by atoms with Crippen LogP contribution in [-0.2, 0) is 14.8 Å². The number of hydrogen-bond donors (Lipinski definition) is 0. The molecule has 0 spiro atoms. The van der Waals surface area contributed by atoms with E-state index in [2.05, 4.69) is 4.98 Å². The SMILES string of the molecule is Cc1nc([C@@H]2COCCN2S(C)(=O)=O)cs1. The van der Waals surface area contributed by atoms with E-state index in [4.69, 9.17) is 4.74 Å². The van der Waals surface area contributed by atoms with Crippen LogP contribution in [0.4, 0.5) is 0 Å². The molecule has 0 aromatic carbocycles. The van der Waals surface area contributed by atoms with Crippen LogP contribution in [0.15, 0.2) is 5.38 Å². The van der Waals surface area contributed by atoms with E-state index in [1.165, 1.54) is 21.9 Å². The highest BCUT2D eigenvalue weighted by Gasteiger charge is 2.32. The summed E-state index contributed by atoms with van der Waals surface area (Å²) < 4.78 is 30.0. The molecule has 16 heavy (non-hydrogen) atoms. The Kier molecular flexibility index (Phi) is 3.29. The van der Waals surface area contributed by atoms with Crippen molar-refractivity contribution in [3.05, 3.63) is 16.1 Å². The monoisotopic (exact) mass is 262 g/mol. The number of rotatable bonds is 2. The third-order valence-electron chi connectivity index (χ3n) is 2.48. The summed E-state index contributed by atoms with van der Waals surface area (Å²) in [5.74, 6) is 0. The van der Waals surface area contributed by atoms with E-state index in [0.717, 1.165) is 10.7 Å². The zero-order chi connectivity index (χ0) is 11.8. The van der Waals surface area contributed by atoms with E-state index in [1.54, 1.807) is 0 Å². The van der Waals surface area contributed by atoms with Gasteiger partial charge < -0.3 is 4.74 Å². The Morgan fingerprint density at radius 3 is 2.94 bits per heavy atom. The van der Waals surface area contributed by atoms with Gasteiger partial charge in [0, 0.05) is 11.9 Å². The van der Waals surface area contributed by atoms with Crippen LogP contribution in [0.5, 0.6) is 0 Å². The Morgan fingerprint density at radius 2 is 2.38 bits per heavy atom. The lowest BCUT2D eigenvalue weighted by Crippen LogP contribution is -2.42. The number of nitrogens with zero attached hydrogens (tertiary/aromatic N) is 2. The molecule has 0 N–H and O–H groups in total. The topological polar surface area (TPSA) is 59.5 Å². The van der Waals surface area contributed by atoms with Crippen molar-refractivity contribution in [2.75, 3.05) is 26.0 Å². The van der Waals surface area contributed by atoms with Crippen molar-refractivity contribution in [1.82, 2.24) is 9.29 Å². The van der Waals surface area contributed by atoms with Crippen molar-refractivity contribution in [3.8, 4) is 0 Å². The average Bonchev–Trinajstić information content (AvgIpc) is 2.64. The van der Waals surface area contributed by atoms with Crippen molar-refractivity contribution in [1.29, 1.82) is 0 Å². The van der Waals surface area contributed by atoms with Crippen molar-refractivity contribution >= 4 is 21.4 Å². The summed E-state index contributed by atoms with van der Waals surface area (Å²) in [4.78, 5) is 4.33. The van der Waals surface area contributed by atoms with Crippen LogP contribution >= 0.6 is 11.3 Å². The number of aromatic nitrogens is 1. The number of hydrogen-bond acceptors (Lipinski definition) is 5. The fourth-order valence-corrected chi connectivity index (χ4v) is 3.45. The van der Waals surface area contributed by atoms with Crippen LogP contribution in [0.3, 0.4) is 0 Å². The molecule has 1 saturated heterocycles. The zero-order valence-electron chi connectivity index (χ0n) is 9.21. The summed E-state index contributed by atoms with van der Waals surface area (Å²) in [5.41, 5.74) is 0.785. The number of morpholine rings is 1. The molecule has 1 aromatic heterocycles. The molecular formula is C9H14N2O3S2. The Bertz CT molecular complexity index is 469. The third-order valence-corrected chi connectivity index (χ3v) is 4.56. The fourth-order valence-electron chi connectivity index (χ4n) is 1.75. The second-order valence-corrected chi connectivity index (χ2v) is 6.75. The van der Waals surface area contributed by atoms with Crippen LogP contribution in [0, 0.1) is 6.92 Å². The van der Waals surface area contributed by atoms with E-state index >= 15 is 0 Å². The van der Waals surface area contributed by atoms with Crippen molar-refractivity contribution in [3.63, 3.8) is 0 Å². The normalized spacial score (nSPS) is 23.5. The Hall–Kier alpha value is -0.500. The van der Waals surface area contributed by atoms with Crippen LogP contribution in [0.2, 0.25) is 0 Å². The van der Waals surface area contributed by atoms with E-state index in [0.29, 0.717) is 19.8 Å². The molecule has 0 aliphatic carbocycles. The lowest BCUT2D eigenvalue weighted by Gasteiger charge is -2.32.